The third-order valence-corrected chi connectivity index (χ3v) is 4.24. The maximum atomic E-state index is 10.5. The molecule has 1 heterocycles. The maximum Gasteiger partial charge on any atom is 0.303 e. The molecule has 0 aliphatic carbocycles. The zero-order chi connectivity index (χ0) is 17.5. The Hall–Kier alpha value is -1.36. The quantitative estimate of drug-likeness (QED) is 0.445. The molecule has 0 amide bonds. The number of aromatic nitrogens is 2. The van der Waals surface area contributed by atoms with Gasteiger partial charge in [-0.25, -0.2) is 4.98 Å². The van der Waals surface area contributed by atoms with Gasteiger partial charge in [-0.15, -0.1) is 0 Å². The number of carboxylic acid groups (broad SMARTS) is 1. The summed E-state index contributed by atoms with van der Waals surface area (Å²) >= 11 is 0. The summed E-state index contributed by atoms with van der Waals surface area (Å²) in [6.45, 7) is 3.81. The lowest BCUT2D eigenvalue weighted by Crippen LogP contribution is -2.20. The van der Waals surface area contributed by atoms with Gasteiger partial charge in [0.25, 0.3) is 0 Å². The summed E-state index contributed by atoms with van der Waals surface area (Å²) < 4.78 is 8.13. The first-order chi connectivity index (χ1) is 11.7. The highest BCUT2D eigenvalue weighted by Gasteiger charge is 2.10. The molecule has 0 saturated carbocycles. The molecule has 1 unspecified atom stereocenters. The first-order valence-corrected chi connectivity index (χ1v) is 9.51. The number of nitrogens with zero attached hydrogens (tertiary/aromatic N) is 2. The fourth-order valence-electron chi connectivity index (χ4n) is 2.81. The predicted molar refractivity (Wildman–Crippen MR) is 96.1 cm³/mol. The van der Waals surface area contributed by atoms with Crippen LogP contribution in [-0.2, 0) is 16.1 Å². The van der Waals surface area contributed by atoms with Crippen LogP contribution in [0.2, 0.25) is 0 Å². The molecule has 1 N–H and O–H groups in total. The average Bonchev–Trinajstić information content (AvgIpc) is 3.06. The van der Waals surface area contributed by atoms with Crippen molar-refractivity contribution in [1.29, 1.82) is 0 Å². The molecule has 0 aliphatic heterocycles. The largest absolute Gasteiger partial charge is 0.481 e. The second kappa shape index (κ2) is 14.0. The minimum Gasteiger partial charge on any atom is -0.481 e. The highest BCUT2D eigenvalue weighted by Crippen LogP contribution is 2.13. The Morgan fingerprint density at radius 2 is 1.88 bits per heavy atom. The summed E-state index contributed by atoms with van der Waals surface area (Å²) in [5, 5.41) is 8.64. The summed E-state index contributed by atoms with van der Waals surface area (Å²) in [7, 11) is 0. The molecule has 0 aromatic carbocycles. The molecule has 0 radical (unpaired) electrons. The van der Waals surface area contributed by atoms with E-state index >= 15 is 0 Å². The van der Waals surface area contributed by atoms with E-state index in [0.29, 0.717) is 0 Å². The van der Waals surface area contributed by atoms with Crippen LogP contribution in [0.25, 0.3) is 0 Å². The molecule has 0 bridgehead atoms. The van der Waals surface area contributed by atoms with Crippen molar-refractivity contribution in [3.63, 3.8) is 0 Å². The fourth-order valence-corrected chi connectivity index (χ4v) is 2.81. The molecule has 0 aliphatic rings. The van der Waals surface area contributed by atoms with E-state index in [-0.39, 0.29) is 12.5 Å². The summed E-state index contributed by atoms with van der Waals surface area (Å²) in [5.74, 6) is -0.711. The molecule has 0 fully saturated rings. The molecule has 1 rings (SSSR count). The van der Waals surface area contributed by atoms with Gasteiger partial charge in [-0.3, -0.25) is 4.79 Å². The number of unbranched alkanes of at least 4 members (excludes halogenated alkanes) is 7. The van der Waals surface area contributed by atoms with E-state index in [1.807, 2.05) is 12.5 Å². The Morgan fingerprint density at radius 1 is 1.12 bits per heavy atom. The second-order valence-electron chi connectivity index (χ2n) is 6.51. The van der Waals surface area contributed by atoms with E-state index in [1.165, 1.54) is 38.5 Å². The van der Waals surface area contributed by atoms with Crippen molar-refractivity contribution in [3.05, 3.63) is 18.7 Å². The number of rotatable bonds is 16. The van der Waals surface area contributed by atoms with E-state index in [4.69, 9.17) is 9.84 Å². The number of ether oxygens (including phenoxy) is 1. The first-order valence-electron chi connectivity index (χ1n) is 9.51. The van der Waals surface area contributed by atoms with Gasteiger partial charge in [0.15, 0.2) is 0 Å². The van der Waals surface area contributed by atoms with E-state index in [9.17, 15) is 4.79 Å². The van der Waals surface area contributed by atoms with Crippen molar-refractivity contribution in [2.24, 2.45) is 0 Å². The standard InChI is InChI=1S/C19H34N2O3/c1-2-3-4-5-6-8-11-18(16-21-14-13-20-17-21)24-15-10-7-9-12-19(22)23/h13-14,17-18H,2-12,15-16H2,1H3,(H,22,23). The summed E-state index contributed by atoms with van der Waals surface area (Å²) in [6.07, 6.45) is 17.6. The van der Waals surface area contributed by atoms with E-state index in [1.54, 1.807) is 6.20 Å². The van der Waals surface area contributed by atoms with E-state index in [0.717, 1.165) is 38.8 Å². The zero-order valence-electron chi connectivity index (χ0n) is 15.2. The number of imidazole rings is 1. The third kappa shape index (κ3) is 11.2. The van der Waals surface area contributed by atoms with E-state index < -0.39 is 5.97 Å². The van der Waals surface area contributed by atoms with Gasteiger partial charge in [-0.05, 0) is 19.3 Å². The van der Waals surface area contributed by atoms with Crippen LogP contribution in [0.1, 0.15) is 77.6 Å². The van der Waals surface area contributed by atoms with Crippen LogP contribution in [0.15, 0.2) is 18.7 Å². The topological polar surface area (TPSA) is 64.4 Å². The van der Waals surface area contributed by atoms with Crippen LogP contribution in [0.3, 0.4) is 0 Å². The molecule has 1 aromatic rings. The lowest BCUT2D eigenvalue weighted by molar-refractivity contribution is -0.137. The van der Waals surface area contributed by atoms with Crippen molar-refractivity contribution < 1.29 is 14.6 Å². The van der Waals surface area contributed by atoms with Gasteiger partial charge in [0, 0.05) is 32.0 Å². The van der Waals surface area contributed by atoms with Crippen molar-refractivity contribution in [2.75, 3.05) is 6.61 Å². The number of hydrogen-bond donors (Lipinski definition) is 1. The monoisotopic (exact) mass is 338 g/mol. The van der Waals surface area contributed by atoms with Gasteiger partial charge in [-0.2, -0.15) is 0 Å². The molecule has 138 valence electrons. The van der Waals surface area contributed by atoms with Gasteiger partial charge in [0.05, 0.1) is 12.4 Å². The van der Waals surface area contributed by atoms with Gasteiger partial charge in [0.1, 0.15) is 0 Å². The summed E-state index contributed by atoms with van der Waals surface area (Å²) in [5.41, 5.74) is 0. The Morgan fingerprint density at radius 3 is 2.58 bits per heavy atom. The number of aliphatic carboxylic acids is 1. The Labute approximate surface area is 146 Å². The van der Waals surface area contributed by atoms with Gasteiger partial charge >= 0.3 is 5.97 Å². The Bertz CT molecular complexity index is 407. The zero-order valence-corrected chi connectivity index (χ0v) is 15.2. The lowest BCUT2D eigenvalue weighted by atomic mass is 10.1. The summed E-state index contributed by atoms with van der Waals surface area (Å²) in [6, 6.07) is 0. The van der Waals surface area contributed by atoms with Gasteiger partial charge < -0.3 is 14.4 Å². The van der Waals surface area contributed by atoms with Crippen molar-refractivity contribution in [3.8, 4) is 0 Å². The smallest absolute Gasteiger partial charge is 0.303 e. The normalized spacial score (nSPS) is 12.4. The summed E-state index contributed by atoms with van der Waals surface area (Å²) in [4.78, 5) is 14.6. The molecule has 24 heavy (non-hydrogen) atoms. The van der Waals surface area contributed by atoms with Crippen LogP contribution in [0, 0.1) is 0 Å². The van der Waals surface area contributed by atoms with E-state index in [2.05, 4.69) is 16.5 Å². The maximum absolute atomic E-state index is 10.5. The Balaban J connectivity index is 2.18. The number of carbonyl (C=O) groups is 1. The van der Waals surface area contributed by atoms with Crippen LogP contribution in [-0.4, -0.2) is 33.3 Å². The average molecular weight is 338 g/mol. The van der Waals surface area contributed by atoms with Crippen molar-refractivity contribution >= 4 is 5.97 Å². The van der Waals surface area contributed by atoms with Gasteiger partial charge in [0.2, 0.25) is 0 Å². The SMILES string of the molecule is CCCCCCCCC(Cn1ccnc1)OCCCCCC(=O)O. The van der Waals surface area contributed by atoms with Gasteiger partial charge in [-0.1, -0.05) is 51.9 Å². The molecule has 0 saturated heterocycles. The minimum atomic E-state index is -0.711. The number of hydrogen-bond acceptors (Lipinski definition) is 3. The Kier molecular flexibility index (Phi) is 12.1. The minimum absolute atomic E-state index is 0.227. The predicted octanol–water partition coefficient (Wildman–Crippen LogP) is 4.66. The molecule has 5 nitrogen and oxygen atoms in total. The molecular weight excluding hydrogens is 304 g/mol. The molecule has 1 atom stereocenters. The van der Waals surface area contributed by atoms with Crippen LogP contribution >= 0.6 is 0 Å². The third-order valence-electron chi connectivity index (χ3n) is 4.24. The fraction of sp³-hybridized carbons (Fsp3) is 0.789. The van der Waals surface area contributed by atoms with Crippen LogP contribution in [0.5, 0.6) is 0 Å². The highest BCUT2D eigenvalue weighted by atomic mass is 16.5. The number of carboxylic acids is 1. The lowest BCUT2D eigenvalue weighted by Gasteiger charge is -2.18. The molecule has 1 aromatic heterocycles. The van der Waals surface area contributed by atoms with Crippen molar-refractivity contribution in [2.45, 2.75) is 90.2 Å². The second-order valence-corrected chi connectivity index (χ2v) is 6.51. The molecule has 0 spiro atoms. The molecule has 5 heteroatoms. The first kappa shape index (κ1) is 20.7. The van der Waals surface area contributed by atoms with Crippen LogP contribution < -0.4 is 0 Å². The van der Waals surface area contributed by atoms with Crippen LogP contribution in [0.4, 0.5) is 0 Å². The highest BCUT2D eigenvalue weighted by molar-refractivity contribution is 5.66. The molecular formula is C19H34N2O3. The van der Waals surface area contributed by atoms with Crippen molar-refractivity contribution in [1.82, 2.24) is 9.55 Å².